The summed E-state index contributed by atoms with van der Waals surface area (Å²) in [5.74, 6) is -1.38. The van der Waals surface area contributed by atoms with E-state index in [-0.39, 0.29) is 0 Å². The first kappa shape index (κ1) is 10.9. The standard InChI is InChI=1S/C11H8N2O4/c14-9-8(10(15)16)6-12-11(17)13(9)7-4-2-1-3-5-7/h1-6H,(H,12,17)(H,15,16). The number of H-pyrrole nitrogens is 1. The third-order valence-corrected chi connectivity index (χ3v) is 2.22. The maximum atomic E-state index is 11.8. The van der Waals surface area contributed by atoms with Crippen molar-refractivity contribution in [1.82, 2.24) is 9.55 Å². The van der Waals surface area contributed by atoms with Crippen LogP contribution in [-0.2, 0) is 0 Å². The fourth-order valence-electron chi connectivity index (χ4n) is 1.44. The summed E-state index contributed by atoms with van der Waals surface area (Å²) >= 11 is 0. The first-order valence-electron chi connectivity index (χ1n) is 4.74. The molecular weight excluding hydrogens is 224 g/mol. The Morgan fingerprint density at radius 3 is 2.41 bits per heavy atom. The number of aromatic nitrogens is 2. The van der Waals surface area contributed by atoms with Crippen molar-refractivity contribution in [3.05, 3.63) is 62.9 Å². The molecule has 0 unspecified atom stereocenters. The van der Waals surface area contributed by atoms with Crippen LogP contribution in [0.15, 0.2) is 46.1 Å². The van der Waals surface area contributed by atoms with Gasteiger partial charge in [-0.15, -0.1) is 0 Å². The molecule has 0 radical (unpaired) electrons. The van der Waals surface area contributed by atoms with Gasteiger partial charge in [0.25, 0.3) is 5.56 Å². The van der Waals surface area contributed by atoms with Gasteiger partial charge in [-0.3, -0.25) is 4.79 Å². The van der Waals surface area contributed by atoms with Gasteiger partial charge >= 0.3 is 11.7 Å². The molecule has 0 bridgehead atoms. The Hall–Kier alpha value is -2.63. The lowest BCUT2D eigenvalue weighted by Crippen LogP contribution is -2.36. The Labute approximate surface area is 94.8 Å². The first-order chi connectivity index (χ1) is 8.11. The van der Waals surface area contributed by atoms with Crippen molar-refractivity contribution in [2.24, 2.45) is 0 Å². The van der Waals surface area contributed by atoms with Crippen LogP contribution < -0.4 is 11.2 Å². The Morgan fingerprint density at radius 2 is 1.82 bits per heavy atom. The highest BCUT2D eigenvalue weighted by Crippen LogP contribution is 2.00. The van der Waals surface area contributed by atoms with Crippen LogP contribution in [0.5, 0.6) is 0 Å². The van der Waals surface area contributed by atoms with Gasteiger partial charge in [-0.05, 0) is 12.1 Å². The quantitative estimate of drug-likeness (QED) is 0.774. The van der Waals surface area contributed by atoms with Crippen LogP contribution in [-0.4, -0.2) is 20.6 Å². The molecule has 6 nitrogen and oxygen atoms in total. The number of nitrogens with zero attached hydrogens (tertiary/aromatic N) is 1. The summed E-state index contributed by atoms with van der Waals surface area (Å²) in [7, 11) is 0. The number of hydrogen-bond acceptors (Lipinski definition) is 3. The average Bonchev–Trinajstić information content (AvgIpc) is 2.30. The van der Waals surface area contributed by atoms with Gasteiger partial charge in [0.05, 0.1) is 5.69 Å². The van der Waals surface area contributed by atoms with E-state index in [1.54, 1.807) is 30.3 Å². The van der Waals surface area contributed by atoms with Gasteiger partial charge in [0.2, 0.25) is 0 Å². The summed E-state index contributed by atoms with van der Waals surface area (Å²) in [6.07, 6.45) is 0.895. The van der Waals surface area contributed by atoms with Gasteiger partial charge in [0, 0.05) is 6.20 Å². The fourth-order valence-corrected chi connectivity index (χ4v) is 1.44. The van der Waals surface area contributed by atoms with E-state index >= 15 is 0 Å². The molecule has 1 aromatic carbocycles. The van der Waals surface area contributed by atoms with E-state index in [9.17, 15) is 14.4 Å². The highest BCUT2D eigenvalue weighted by molar-refractivity contribution is 5.86. The van der Waals surface area contributed by atoms with Crippen molar-refractivity contribution in [2.45, 2.75) is 0 Å². The van der Waals surface area contributed by atoms with Crippen LogP contribution in [0.25, 0.3) is 5.69 Å². The predicted octanol–water partition coefficient (Wildman–Crippen LogP) is 0.224. The molecule has 0 atom stereocenters. The number of rotatable bonds is 2. The zero-order chi connectivity index (χ0) is 12.4. The molecule has 0 aliphatic heterocycles. The highest BCUT2D eigenvalue weighted by atomic mass is 16.4. The van der Waals surface area contributed by atoms with Gasteiger partial charge < -0.3 is 10.1 Å². The summed E-state index contributed by atoms with van der Waals surface area (Å²) in [5, 5.41) is 8.79. The zero-order valence-electron chi connectivity index (χ0n) is 8.58. The number of hydrogen-bond donors (Lipinski definition) is 2. The molecule has 2 aromatic rings. The van der Waals surface area contributed by atoms with Crippen molar-refractivity contribution in [3.8, 4) is 5.69 Å². The third kappa shape index (κ3) is 1.87. The minimum absolute atomic E-state index is 0.321. The summed E-state index contributed by atoms with van der Waals surface area (Å²) in [4.78, 5) is 36.3. The van der Waals surface area contributed by atoms with Crippen LogP contribution in [0.1, 0.15) is 10.4 Å². The molecule has 0 aliphatic rings. The Morgan fingerprint density at radius 1 is 1.18 bits per heavy atom. The maximum absolute atomic E-state index is 11.8. The fraction of sp³-hybridized carbons (Fsp3) is 0. The highest BCUT2D eigenvalue weighted by Gasteiger charge is 2.13. The van der Waals surface area contributed by atoms with Crippen molar-refractivity contribution in [1.29, 1.82) is 0 Å². The van der Waals surface area contributed by atoms with Crippen molar-refractivity contribution in [2.75, 3.05) is 0 Å². The Balaban J connectivity index is 2.79. The molecule has 2 N–H and O–H groups in total. The first-order valence-corrected chi connectivity index (χ1v) is 4.74. The largest absolute Gasteiger partial charge is 0.477 e. The number of carboxylic acids is 1. The van der Waals surface area contributed by atoms with Gasteiger partial charge in [-0.25, -0.2) is 14.2 Å². The molecule has 1 heterocycles. The Bertz CT molecular complexity index is 670. The van der Waals surface area contributed by atoms with Gasteiger partial charge in [-0.1, -0.05) is 18.2 Å². The molecule has 2 rings (SSSR count). The monoisotopic (exact) mass is 232 g/mol. The molecule has 0 fully saturated rings. The number of carbonyl (C=O) groups is 1. The number of para-hydroxylation sites is 1. The second kappa shape index (κ2) is 4.09. The molecule has 1 aromatic heterocycles. The molecular formula is C11H8N2O4. The molecule has 17 heavy (non-hydrogen) atoms. The van der Waals surface area contributed by atoms with E-state index in [2.05, 4.69) is 4.98 Å². The maximum Gasteiger partial charge on any atom is 0.342 e. The topological polar surface area (TPSA) is 92.2 Å². The molecule has 86 valence electrons. The van der Waals surface area contributed by atoms with Crippen LogP contribution in [0.4, 0.5) is 0 Å². The van der Waals surface area contributed by atoms with E-state index in [1.165, 1.54) is 0 Å². The van der Waals surface area contributed by atoms with Crippen LogP contribution in [0, 0.1) is 0 Å². The van der Waals surface area contributed by atoms with Crippen LogP contribution in [0.2, 0.25) is 0 Å². The SMILES string of the molecule is O=C(O)c1c[nH]c(=O)n(-c2ccccc2)c1=O. The van der Waals surface area contributed by atoms with E-state index in [0.29, 0.717) is 5.69 Å². The van der Waals surface area contributed by atoms with Crippen LogP contribution >= 0.6 is 0 Å². The van der Waals surface area contributed by atoms with E-state index in [4.69, 9.17) is 5.11 Å². The lowest BCUT2D eigenvalue weighted by Gasteiger charge is -2.04. The molecule has 0 saturated carbocycles. The second-order valence-corrected chi connectivity index (χ2v) is 3.29. The molecule has 0 amide bonds. The van der Waals surface area contributed by atoms with Crippen molar-refractivity contribution < 1.29 is 9.90 Å². The average molecular weight is 232 g/mol. The van der Waals surface area contributed by atoms with Crippen LogP contribution in [0.3, 0.4) is 0 Å². The summed E-state index contributed by atoms with van der Waals surface area (Å²) in [6.45, 7) is 0. The predicted molar refractivity (Wildman–Crippen MR) is 59.6 cm³/mol. The van der Waals surface area contributed by atoms with Gasteiger partial charge in [-0.2, -0.15) is 0 Å². The molecule has 0 saturated heterocycles. The van der Waals surface area contributed by atoms with Crippen molar-refractivity contribution in [3.63, 3.8) is 0 Å². The summed E-state index contributed by atoms with van der Waals surface area (Å²) in [6, 6.07) is 8.11. The number of aromatic amines is 1. The van der Waals surface area contributed by atoms with E-state index in [0.717, 1.165) is 10.8 Å². The smallest absolute Gasteiger partial charge is 0.342 e. The minimum atomic E-state index is -1.38. The summed E-state index contributed by atoms with van der Waals surface area (Å²) < 4.78 is 0.781. The van der Waals surface area contributed by atoms with E-state index in [1.807, 2.05) is 0 Å². The van der Waals surface area contributed by atoms with E-state index < -0.39 is 22.8 Å². The second-order valence-electron chi connectivity index (χ2n) is 3.29. The number of benzene rings is 1. The molecule has 0 spiro atoms. The van der Waals surface area contributed by atoms with Gasteiger partial charge in [0.15, 0.2) is 0 Å². The van der Waals surface area contributed by atoms with Gasteiger partial charge in [0.1, 0.15) is 5.56 Å². The number of carboxylic acid groups (broad SMARTS) is 1. The molecule has 6 heteroatoms. The lowest BCUT2D eigenvalue weighted by molar-refractivity contribution is 0.0694. The Kier molecular flexibility index (Phi) is 2.61. The minimum Gasteiger partial charge on any atom is -0.477 e. The number of nitrogens with one attached hydrogen (secondary N) is 1. The summed E-state index contributed by atoms with van der Waals surface area (Å²) in [5.41, 5.74) is -1.69. The van der Waals surface area contributed by atoms with Crippen molar-refractivity contribution >= 4 is 5.97 Å². The lowest BCUT2D eigenvalue weighted by atomic mass is 10.3. The third-order valence-electron chi connectivity index (χ3n) is 2.22. The number of aromatic carboxylic acids is 1. The molecule has 0 aliphatic carbocycles. The normalized spacial score (nSPS) is 10.1. The zero-order valence-corrected chi connectivity index (χ0v) is 8.58.